The molecule has 172 valence electrons. The van der Waals surface area contributed by atoms with E-state index in [0.717, 1.165) is 43.0 Å². The average molecular weight is 440 g/mol. The maximum atomic E-state index is 13.0. The molecule has 0 aliphatic carbocycles. The van der Waals surface area contributed by atoms with Crippen LogP contribution in [0.25, 0.3) is 5.57 Å². The van der Waals surface area contributed by atoms with Gasteiger partial charge in [-0.2, -0.15) is 0 Å². The van der Waals surface area contributed by atoms with Gasteiger partial charge in [0.25, 0.3) is 0 Å². The minimum absolute atomic E-state index is 0.0309. The molecule has 0 spiro atoms. The summed E-state index contributed by atoms with van der Waals surface area (Å²) < 4.78 is 18.5. The maximum absolute atomic E-state index is 13.0. The largest absolute Gasteiger partial charge is 0.378 e. The number of benzene rings is 1. The van der Waals surface area contributed by atoms with E-state index >= 15 is 0 Å². The Balaban J connectivity index is 1.94. The molecular formula is C26H34FN3O2. The normalized spacial score (nSPS) is 16.9. The predicted octanol–water partition coefficient (Wildman–Crippen LogP) is 5.08. The summed E-state index contributed by atoms with van der Waals surface area (Å²) >= 11 is 0. The summed E-state index contributed by atoms with van der Waals surface area (Å²) in [5.41, 5.74) is 3.88. The van der Waals surface area contributed by atoms with Crippen molar-refractivity contribution < 1.29 is 13.9 Å². The van der Waals surface area contributed by atoms with Crippen molar-refractivity contribution in [1.29, 1.82) is 0 Å². The number of anilines is 1. The Morgan fingerprint density at radius 2 is 2.00 bits per heavy atom. The summed E-state index contributed by atoms with van der Waals surface area (Å²) in [6.45, 7) is 12.4. The Morgan fingerprint density at radius 1 is 1.31 bits per heavy atom. The molecule has 1 N–H and O–H groups in total. The zero-order valence-electron chi connectivity index (χ0n) is 19.3. The number of amides is 1. The van der Waals surface area contributed by atoms with Crippen LogP contribution in [0, 0.1) is 5.92 Å². The van der Waals surface area contributed by atoms with Crippen LogP contribution in [0.5, 0.6) is 0 Å². The molecule has 0 bridgehead atoms. The van der Waals surface area contributed by atoms with Crippen molar-refractivity contribution in [2.75, 3.05) is 37.7 Å². The molecule has 1 heterocycles. The summed E-state index contributed by atoms with van der Waals surface area (Å²) in [6, 6.07) is 8.36. The van der Waals surface area contributed by atoms with Gasteiger partial charge in [-0.1, -0.05) is 37.3 Å². The zero-order chi connectivity index (χ0) is 23.3. The van der Waals surface area contributed by atoms with Crippen molar-refractivity contribution >= 4 is 23.9 Å². The molecule has 1 aliphatic heterocycles. The highest BCUT2D eigenvalue weighted by Crippen LogP contribution is 2.23. The van der Waals surface area contributed by atoms with Crippen molar-refractivity contribution in [3.05, 3.63) is 71.7 Å². The number of nitrogens with one attached hydrogen (secondary N) is 1. The Labute approximate surface area is 191 Å². The molecule has 6 heteroatoms. The molecule has 32 heavy (non-hydrogen) atoms. The van der Waals surface area contributed by atoms with Gasteiger partial charge in [0.15, 0.2) is 0 Å². The fourth-order valence-corrected chi connectivity index (χ4v) is 3.39. The third kappa shape index (κ3) is 8.63. The number of carbonyl (C=O) groups is 1. The number of halogens is 1. The van der Waals surface area contributed by atoms with Gasteiger partial charge in [-0.25, -0.2) is 4.39 Å². The van der Waals surface area contributed by atoms with Crippen molar-refractivity contribution in [2.24, 2.45) is 10.9 Å². The van der Waals surface area contributed by atoms with Crippen LogP contribution >= 0.6 is 0 Å². The molecule has 1 aliphatic rings. The summed E-state index contributed by atoms with van der Waals surface area (Å²) in [5.74, 6) is -0.325. The lowest BCUT2D eigenvalue weighted by atomic mass is 10.0. The molecule has 1 aromatic carbocycles. The third-order valence-corrected chi connectivity index (χ3v) is 5.16. The number of rotatable bonds is 10. The van der Waals surface area contributed by atoms with Gasteiger partial charge < -0.3 is 15.0 Å². The standard InChI is InChI=1S/C26H34FN3O2/c1-5-22(17-21(3)27)18-29-26(31)16-20(2)6-7-24(19-28-4)23-8-10-25(11-9-23)30-12-14-32-15-13-30/h5-11,17,19-20H,4,12-16,18H2,1-3H3,(H,29,31)/b7-6-,21-17+,22-5+,24-19+/t20-/m0/s1. The summed E-state index contributed by atoms with van der Waals surface area (Å²) in [5, 5.41) is 2.84. The van der Waals surface area contributed by atoms with Crippen molar-refractivity contribution in [3.63, 3.8) is 0 Å². The number of aliphatic imine (C=N–C) groups is 1. The van der Waals surface area contributed by atoms with E-state index in [4.69, 9.17) is 4.74 Å². The monoisotopic (exact) mass is 439 g/mol. The molecule has 0 radical (unpaired) electrons. The van der Waals surface area contributed by atoms with E-state index in [0.29, 0.717) is 13.0 Å². The highest BCUT2D eigenvalue weighted by atomic mass is 19.1. The molecule has 1 atom stereocenters. The van der Waals surface area contributed by atoms with Crippen LogP contribution in [0.3, 0.4) is 0 Å². The van der Waals surface area contributed by atoms with Gasteiger partial charge >= 0.3 is 0 Å². The minimum Gasteiger partial charge on any atom is -0.378 e. The molecule has 0 saturated carbocycles. The number of nitrogens with zero attached hydrogens (tertiary/aromatic N) is 2. The van der Waals surface area contributed by atoms with Gasteiger partial charge in [0.2, 0.25) is 5.91 Å². The first kappa shape index (κ1) is 25.3. The zero-order valence-corrected chi connectivity index (χ0v) is 19.3. The van der Waals surface area contributed by atoms with Crippen LogP contribution in [0.2, 0.25) is 0 Å². The molecule has 1 aromatic rings. The first-order chi connectivity index (χ1) is 15.4. The quantitative estimate of drug-likeness (QED) is 0.408. The highest BCUT2D eigenvalue weighted by molar-refractivity contribution is 5.78. The van der Waals surface area contributed by atoms with Crippen molar-refractivity contribution in [1.82, 2.24) is 5.32 Å². The molecular weight excluding hydrogens is 405 g/mol. The lowest BCUT2D eigenvalue weighted by molar-refractivity contribution is -0.121. The van der Waals surface area contributed by atoms with Crippen molar-refractivity contribution in [3.8, 4) is 0 Å². The molecule has 1 amide bonds. The van der Waals surface area contributed by atoms with Gasteiger partial charge in [0, 0.05) is 37.9 Å². The number of allylic oxidation sites excluding steroid dienone is 5. The number of ether oxygens (including phenoxy) is 1. The fraction of sp³-hybridized carbons (Fsp3) is 0.385. The first-order valence-electron chi connectivity index (χ1n) is 11.0. The SMILES string of the molecule is C=N/C=C(\C=C/[C@H](C)CC(=O)NCC(/C=C(\C)F)=C/C)c1ccc(N2CCOCC2)cc1. The fourth-order valence-electron chi connectivity index (χ4n) is 3.39. The summed E-state index contributed by atoms with van der Waals surface area (Å²) in [7, 11) is 0. The molecule has 2 rings (SSSR count). The molecule has 1 saturated heterocycles. The van der Waals surface area contributed by atoms with E-state index < -0.39 is 0 Å². The van der Waals surface area contributed by atoms with Crippen molar-refractivity contribution in [2.45, 2.75) is 27.2 Å². The average Bonchev–Trinajstić information content (AvgIpc) is 2.80. The lowest BCUT2D eigenvalue weighted by Crippen LogP contribution is -2.36. The minimum atomic E-state index is -0.281. The van der Waals surface area contributed by atoms with E-state index in [-0.39, 0.29) is 17.7 Å². The smallest absolute Gasteiger partial charge is 0.220 e. The van der Waals surface area contributed by atoms with E-state index in [2.05, 4.69) is 46.2 Å². The van der Waals surface area contributed by atoms with Crippen LogP contribution in [0.4, 0.5) is 10.1 Å². The van der Waals surface area contributed by atoms with Gasteiger partial charge in [-0.05, 0) is 61.4 Å². The van der Waals surface area contributed by atoms with Crippen LogP contribution in [0.15, 0.2) is 71.2 Å². The second-order valence-electron chi connectivity index (χ2n) is 7.83. The lowest BCUT2D eigenvalue weighted by Gasteiger charge is -2.28. The van der Waals surface area contributed by atoms with Gasteiger partial charge in [0.05, 0.1) is 19.0 Å². The number of carbonyl (C=O) groups excluding carboxylic acids is 1. The van der Waals surface area contributed by atoms with Gasteiger partial charge in [-0.15, -0.1) is 0 Å². The number of hydrogen-bond donors (Lipinski definition) is 1. The Kier molecular flexibility index (Phi) is 10.6. The molecule has 0 unspecified atom stereocenters. The Bertz CT molecular complexity index is 875. The molecule has 5 nitrogen and oxygen atoms in total. The van der Waals surface area contributed by atoms with Gasteiger partial charge in [-0.3, -0.25) is 9.79 Å². The second-order valence-corrected chi connectivity index (χ2v) is 7.83. The summed E-state index contributed by atoms with van der Waals surface area (Å²) in [4.78, 5) is 18.5. The van der Waals surface area contributed by atoms with E-state index in [1.54, 1.807) is 12.3 Å². The topological polar surface area (TPSA) is 53.9 Å². The van der Waals surface area contributed by atoms with Crippen LogP contribution in [-0.2, 0) is 9.53 Å². The Hall–Kier alpha value is -2.99. The second kappa shape index (κ2) is 13.4. The Morgan fingerprint density at radius 3 is 2.59 bits per heavy atom. The van der Waals surface area contributed by atoms with E-state index in [1.165, 1.54) is 18.7 Å². The maximum Gasteiger partial charge on any atom is 0.220 e. The van der Waals surface area contributed by atoms with E-state index in [9.17, 15) is 9.18 Å². The molecule has 1 fully saturated rings. The van der Waals surface area contributed by atoms with E-state index in [1.807, 2.05) is 26.0 Å². The number of morpholine rings is 1. The predicted molar refractivity (Wildman–Crippen MR) is 132 cm³/mol. The third-order valence-electron chi connectivity index (χ3n) is 5.16. The van der Waals surface area contributed by atoms with Crippen LogP contribution < -0.4 is 10.2 Å². The molecule has 0 aromatic heterocycles. The summed E-state index contributed by atoms with van der Waals surface area (Å²) in [6.07, 6.45) is 9.24. The highest BCUT2D eigenvalue weighted by Gasteiger charge is 2.11. The van der Waals surface area contributed by atoms with Gasteiger partial charge in [0.1, 0.15) is 0 Å². The van der Waals surface area contributed by atoms with Crippen LogP contribution in [0.1, 0.15) is 32.8 Å². The van der Waals surface area contributed by atoms with Crippen LogP contribution in [-0.4, -0.2) is 45.5 Å². The number of hydrogen-bond acceptors (Lipinski definition) is 4. The first-order valence-corrected chi connectivity index (χ1v) is 11.0.